The number of rotatable bonds is 4. The molecule has 0 radical (unpaired) electrons. The number of thiazole rings is 1. The van der Waals surface area contributed by atoms with Gasteiger partial charge in [-0.2, -0.15) is 0 Å². The van der Waals surface area contributed by atoms with Gasteiger partial charge in [-0.15, -0.1) is 11.3 Å². The third-order valence-corrected chi connectivity index (χ3v) is 5.66. The molecule has 0 fully saturated rings. The van der Waals surface area contributed by atoms with Crippen LogP contribution in [-0.4, -0.2) is 24.5 Å². The third kappa shape index (κ3) is 3.35. The van der Waals surface area contributed by atoms with Crippen LogP contribution in [0.1, 0.15) is 19.4 Å². The summed E-state index contributed by atoms with van der Waals surface area (Å²) in [6, 6.07) is 13.9. The van der Waals surface area contributed by atoms with E-state index in [1.165, 1.54) is 0 Å². The number of anilines is 2. The van der Waals surface area contributed by atoms with E-state index in [9.17, 15) is 5.11 Å². The van der Waals surface area contributed by atoms with Gasteiger partial charge in [0.25, 0.3) is 0 Å². The SMILES string of the molecule is CC(C)(O)c1ccc(Nc2nc(-c3ccc4scnc4c3)cn3ccnc23)cc1. The van der Waals surface area contributed by atoms with Gasteiger partial charge in [-0.1, -0.05) is 18.2 Å². The standard InChI is InChI=1S/C22H19N5OS/c1-22(2,28)15-4-6-16(7-5-15)25-20-21-23-9-10-27(21)12-18(26-20)14-3-8-19-17(11-14)24-13-29-19/h3-13,28H,1-2H3,(H,25,26). The van der Waals surface area contributed by atoms with Gasteiger partial charge in [-0.3, -0.25) is 0 Å². The summed E-state index contributed by atoms with van der Waals surface area (Å²) < 4.78 is 3.11. The van der Waals surface area contributed by atoms with Crippen molar-refractivity contribution in [3.8, 4) is 11.3 Å². The Hall–Kier alpha value is -3.29. The number of aromatic nitrogens is 4. The van der Waals surface area contributed by atoms with Crippen molar-refractivity contribution < 1.29 is 5.11 Å². The lowest BCUT2D eigenvalue weighted by molar-refractivity contribution is 0.0786. The molecule has 0 aliphatic carbocycles. The Balaban J connectivity index is 1.55. The van der Waals surface area contributed by atoms with E-state index in [0.29, 0.717) is 5.82 Å². The maximum atomic E-state index is 10.2. The smallest absolute Gasteiger partial charge is 0.180 e. The largest absolute Gasteiger partial charge is 0.386 e. The molecule has 0 saturated carbocycles. The summed E-state index contributed by atoms with van der Waals surface area (Å²) in [5.41, 5.74) is 6.26. The maximum Gasteiger partial charge on any atom is 0.180 e. The van der Waals surface area contributed by atoms with Crippen LogP contribution in [0, 0.1) is 0 Å². The molecule has 29 heavy (non-hydrogen) atoms. The minimum absolute atomic E-state index is 0.668. The number of benzene rings is 2. The van der Waals surface area contributed by atoms with Crippen molar-refractivity contribution in [1.29, 1.82) is 0 Å². The normalized spacial score (nSPS) is 12.0. The summed E-state index contributed by atoms with van der Waals surface area (Å²) >= 11 is 1.63. The van der Waals surface area contributed by atoms with E-state index in [1.54, 1.807) is 31.4 Å². The molecule has 0 atom stereocenters. The topological polar surface area (TPSA) is 75.3 Å². The van der Waals surface area contributed by atoms with E-state index in [1.807, 2.05) is 46.6 Å². The lowest BCUT2D eigenvalue weighted by atomic mass is 9.98. The fourth-order valence-electron chi connectivity index (χ4n) is 3.27. The van der Waals surface area contributed by atoms with Gasteiger partial charge in [0.15, 0.2) is 11.5 Å². The first-order valence-corrected chi connectivity index (χ1v) is 10.1. The maximum absolute atomic E-state index is 10.2. The number of nitrogens with one attached hydrogen (secondary N) is 1. The molecule has 0 amide bonds. The van der Waals surface area contributed by atoms with Crippen LogP contribution in [0.3, 0.4) is 0 Å². The van der Waals surface area contributed by atoms with Crippen LogP contribution in [0.5, 0.6) is 0 Å². The minimum atomic E-state index is -0.874. The number of nitrogens with zero attached hydrogens (tertiary/aromatic N) is 4. The zero-order valence-electron chi connectivity index (χ0n) is 16.0. The molecule has 144 valence electrons. The Morgan fingerprint density at radius 1 is 1.07 bits per heavy atom. The molecule has 3 aromatic heterocycles. The molecule has 5 aromatic rings. The zero-order valence-corrected chi connectivity index (χ0v) is 16.8. The van der Waals surface area contributed by atoms with E-state index >= 15 is 0 Å². The molecule has 0 bridgehead atoms. The lowest BCUT2D eigenvalue weighted by Gasteiger charge is -2.18. The van der Waals surface area contributed by atoms with Gasteiger partial charge < -0.3 is 14.8 Å². The Labute approximate surface area is 171 Å². The van der Waals surface area contributed by atoms with E-state index in [0.717, 1.165) is 38.4 Å². The molecule has 0 unspecified atom stereocenters. The van der Waals surface area contributed by atoms with Crippen molar-refractivity contribution >= 4 is 38.7 Å². The second-order valence-corrected chi connectivity index (χ2v) is 8.32. The summed E-state index contributed by atoms with van der Waals surface area (Å²) in [4.78, 5) is 13.7. The summed E-state index contributed by atoms with van der Waals surface area (Å²) in [6.07, 6.45) is 5.63. The molecule has 0 spiro atoms. The highest BCUT2D eigenvalue weighted by Crippen LogP contribution is 2.28. The van der Waals surface area contributed by atoms with Gasteiger partial charge in [0.1, 0.15) is 0 Å². The van der Waals surface area contributed by atoms with Crippen molar-refractivity contribution in [1.82, 2.24) is 19.4 Å². The highest BCUT2D eigenvalue weighted by atomic mass is 32.1. The number of hydrogen-bond acceptors (Lipinski definition) is 6. The molecule has 0 aliphatic heterocycles. The third-order valence-electron chi connectivity index (χ3n) is 4.85. The Morgan fingerprint density at radius 3 is 2.69 bits per heavy atom. The van der Waals surface area contributed by atoms with Crippen molar-refractivity contribution in [2.45, 2.75) is 19.4 Å². The molecule has 2 N–H and O–H groups in total. The molecule has 7 heteroatoms. The highest BCUT2D eigenvalue weighted by Gasteiger charge is 2.16. The molecule has 0 aliphatic rings. The summed E-state index contributed by atoms with van der Waals surface area (Å²) in [7, 11) is 0. The lowest BCUT2D eigenvalue weighted by Crippen LogP contribution is -2.15. The van der Waals surface area contributed by atoms with Crippen molar-refractivity contribution in [2.75, 3.05) is 5.32 Å². The highest BCUT2D eigenvalue weighted by molar-refractivity contribution is 7.16. The van der Waals surface area contributed by atoms with Crippen LogP contribution in [-0.2, 0) is 5.60 Å². The summed E-state index contributed by atoms with van der Waals surface area (Å²) in [5, 5.41) is 13.5. The number of hydrogen-bond donors (Lipinski definition) is 2. The molecule has 5 rings (SSSR count). The predicted octanol–water partition coefficient (Wildman–Crippen LogP) is 4.98. The van der Waals surface area contributed by atoms with Crippen LogP contribution >= 0.6 is 11.3 Å². The van der Waals surface area contributed by atoms with E-state index < -0.39 is 5.60 Å². The van der Waals surface area contributed by atoms with Crippen molar-refractivity contribution in [3.05, 3.63) is 72.1 Å². The zero-order chi connectivity index (χ0) is 20.0. The molecular formula is C22H19N5OS. The summed E-state index contributed by atoms with van der Waals surface area (Å²) in [5.74, 6) is 0.668. The second kappa shape index (κ2) is 6.65. The number of fused-ring (bicyclic) bond motifs is 2. The van der Waals surface area contributed by atoms with Crippen molar-refractivity contribution in [2.24, 2.45) is 0 Å². The fraction of sp³-hybridized carbons (Fsp3) is 0.136. The number of aliphatic hydroxyl groups is 1. The van der Waals surface area contributed by atoms with Crippen LogP contribution in [0.2, 0.25) is 0 Å². The average Bonchev–Trinajstić information content (AvgIpc) is 3.36. The quantitative estimate of drug-likeness (QED) is 0.444. The van der Waals surface area contributed by atoms with Gasteiger partial charge in [0.05, 0.1) is 27.0 Å². The van der Waals surface area contributed by atoms with Gasteiger partial charge in [0.2, 0.25) is 0 Å². The monoisotopic (exact) mass is 401 g/mol. The Morgan fingerprint density at radius 2 is 1.90 bits per heavy atom. The molecule has 2 aromatic carbocycles. The minimum Gasteiger partial charge on any atom is -0.386 e. The van der Waals surface area contributed by atoms with Crippen LogP contribution in [0.15, 0.2) is 66.6 Å². The number of imidazole rings is 1. The second-order valence-electron chi connectivity index (χ2n) is 7.43. The van der Waals surface area contributed by atoms with Gasteiger partial charge >= 0.3 is 0 Å². The fourth-order valence-corrected chi connectivity index (χ4v) is 3.93. The summed E-state index contributed by atoms with van der Waals surface area (Å²) in [6.45, 7) is 3.54. The van der Waals surface area contributed by atoms with Crippen LogP contribution in [0.25, 0.3) is 27.1 Å². The molecule has 3 heterocycles. The van der Waals surface area contributed by atoms with Crippen LogP contribution in [0.4, 0.5) is 11.5 Å². The molecular weight excluding hydrogens is 382 g/mol. The van der Waals surface area contributed by atoms with Crippen LogP contribution < -0.4 is 5.32 Å². The predicted molar refractivity (Wildman–Crippen MR) is 117 cm³/mol. The first-order chi connectivity index (χ1) is 14.0. The van der Waals surface area contributed by atoms with E-state index in [4.69, 9.17) is 4.98 Å². The van der Waals surface area contributed by atoms with E-state index in [2.05, 4.69) is 33.5 Å². The van der Waals surface area contributed by atoms with Crippen molar-refractivity contribution in [3.63, 3.8) is 0 Å². The van der Waals surface area contributed by atoms with Gasteiger partial charge in [0, 0.05) is 29.8 Å². The Kier molecular flexibility index (Phi) is 4.08. The van der Waals surface area contributed by atoms with Gasteiger partial charge in [-0.25, -0.2) is 15.0 Å². The van der Waals surface area contributed by atoms with E-state index in [-0.39, 0.29) is 0 Å². The molecule has 6 nitrogen and oxygen atoms in total. The first-order valence-electron chi connectivity index (χ1n) is 9.25. The van der Waals surface area contributed by atoms with Gasteiger partial charge in [-0.05, 0) is 43.7 Å². The average molecular weight is 401 g/mol. The Bertz CT molecular complexity index is 1310. The molecule has 0 saturated heterocycles. The first kappa shape index (κ1) is 17.8.